The Balaban J connectivity index is 1.89. The van der Waals surface area contributed by atoms with Gasteiger partial charge in [0.05, 0.1) is 16.8 Å². The van der Waals surface area contributed by atoms with Crippen molar-refractivity contribution in [1.82, 2.24) is 15.7 Å². The largest absolute Gasteiger partial charge is 0.413 e. The number of hydroxylamine groups is 1. The summed E-state index contributed by atoms with van der Waals surface area (Å²) in [5, 5.41) is 8.59. The van der Waals surface area contributed by atoms with Crippen LogP contribution < -0.4 is 5.48 Å². The van der Waals surface area contributed by atoms with E-state index in [2.05, 4.69) is 20.5 Å². The summed E-state index contributed by atoms with van der Waals surface area (Å²) in [6.07, 6.45) is -2.78. The van der Waals surface area contributed by atoms with Gasteiger partial charge in [-0.05, 0) is 11.4 Å². The van der Waals surface area contributed by atoms with E-state index in [0.717, 1.165) is 16.1 Å². The van der Waals surface area contributed by atoms with Gasteiger partial charge < -0.3 is 0 Å². The number of H-pyrrole nitrogens is 1. The third-order valence-electron chi connectivity index (χ3n) is 2.09. The van der Waals surface area contributed by atoms with Gasteiger partial charge in [0.15, 0.2) is 6.61 Å². The number of alkyl halides is 3. The van der Waals surface area contributed by atoms with E-state index in [1.165, 1.54) is 11.3 Å². The molecular weight excluding hydrogens is 267 g/mol. The molecule has 8 heteroatoms. The summed E-state index contributed by atoms with van der Waals surface area (Å²) in [7, 11) is 0. The maximum absolute atomic E-state index is 11.8. The molecule has 0 unspecified atom stereocenters. The molecule has 18 heavy (non-hydrogen) atoms. The second-order valence-electron chi connectivity index (χ2n) is 3.47. The summed E-state index contributed by atoms with van der Waals surface area (Å²) in [6.45, 7) is -1.17. The van der Waals surface area contributed by atoms with Crippen LogP contribution in [0.4, 0.5) is 13.2 Å². The number of rotatable bonds is 5. The summed E-state index contributed by atoms with van der Waals surface area (Å²) in [5.41, 5.74) is 3.81. The van der Waals surface area contributed by atoms with Crippen molar-refractivity contribution in [3.8, 4) is 10.6 Å². The molecule has 2 aromatic heterocycles. The van der Waals surface area contributed by atoms with Crippen molar-refractivity contribution >= 4 is 11.3 Å². The minimum Gasteiger partial charge on any atom is -0.292 e. The van der Waals surface area contributed by atoms with Crippen molar-refractivity contribution in [3.63, 3.8) is 0 Å². The number of hydrogen-bond acceptors (Lipinski definition) is 4. The molecule has 0 saturated heterocycles. The standard InChI is InChI=1S/C10H10F3N3OS/c11-10(12,13)6-17-15-5-7-4-14-16-9(7)8-2-1-3-18-8/h1-4,15H,5-6H2,(H,14,16). The smallest absolute Gasteiger partial charge is 0.292 e. The Bertz CT molecular complexity index is 481. The van der Waals surface area contributed by atoms with Crippen molar-refractivity contribution in [2.75, 3.05) is 6.61 Å². The Labute approximate surface area is 105 Å². The first kappa shape index (κ1) is 13.1. The lowest BCUT2D eigenvalue weighted by Gasteiger charge is -2.08. The highest BCUT2D eigenvalue weighted by Gasteiger charge is 2.27. The molecule has 2 rings (SSSR count). The van der Waals surface area contributed by atoms with Crippen LogP contribution in [0.15, 0.2) is 23.7 Å². The van der Waals surface area contributed by atoms with Crippen LogP contribution in [0.3, 0.4) is 0 Å². The van der Waals surface area contributed by atoms with Crippen LogP contribution in [0, 0.1) is 0 Å². The highest BCUT2D eigenvalue weighted by Crippen LogP contribution is 2.25. The first-order valence-corrected chi connectivity index (χ1v) is 5.92. The Morgan fingerprint density at radius 2 is 2.28 bits per heavy atom. The van der Waals surface area contributed by atoms with Gasteiger partial charge in [0.2, 0.25) is 0 Å². The first-order chi connectivity index (χ1) is 8.56. The van der Waals surface area contributed by atoms with Gasteiger partial charge in [-0.15, -0.1) is 11.3 Å². The number of halogens is 3. The molecule has 0 radical (unpaired) electrons. The maximum Gasteiger partial charge on any atom is 0.413 e. The summed E-state index contributed by atoms with van der Waals surface area (Å²) in [5.74, 6) is 0. The van der Waals surface area contributed by atoms with Gasteiger partial charge in [-0.3, -0.25) is 9.94 Å². The molecule has 4 nitrogen and oxygen atoms in total. The average molecular weight is 277 g/mol. The number of nitrogens with zero attached hydrogens (tertiary/aromatic N) is 1. The van der Waals surface area contributed by atoms with Crippen LogP contribution in [0.5, 0.6) is 0 Å². The van der Waals surface area contributed by atoms with Gasteiger partial charge >= 0.3 is 6.18 Å². The van der Waals surface area contributed by atoms with Crippen molar-refractivity contribution in [2.24, 2.45) is 0 Å². The van der Waals surface area contributed by atoms with Gasteiger partial charge in [0.25, 0.3) is 0 Å². The lowest BCUT2D eigenvalue weighted by molar-refractivity contribution is -0.190. The van der Waals surface area contributed by atoms with Crippen LogP contribution in [0.2, 0.25) is 0 Å². The number of aromatic nitrogens is 2. The summed E-state index contributed by atoms with van der Waals surface area (Å²) in [6, 6.07) is 3.79. The van der Waals surface area contributed by atoms with Crippen molar-refractivity contribution in [3.05, 3.63) is 29.3 Å². The second kappa shape index (κ2) is 5.51. The van der Waals surface area contributed by atoms with E-state index in [-0.39, 0.29) is 6.54 Å². The molecule has 0 aromatic carbocycles. The Hall–Kier alpha value is -1.38. The Morgan fingerprint density at radius 3 is 2.94 bits per heavy atom. The van der Waals surface area contributed by atoms with E-state index in [1.54, 1.807) is 6.20 Å². The van der Waals surface area contributed by atoms with E-state index in [0.29, 0.717) is 0 Å². The van der Waals surface area contributed by atoms with Crippen molar-refractivity contribution < 1.29 is 18.0 Å². The predicted octanol–water partition coefficient (Wildman–Crippen LogP) is 2.72. The summed E-state index contributed by atoms with van der Waals surface area (Å²) >= 11 is 1.52. The predicted molar refractivity (Wildman–Crippen MR) is 60.7 cm³/mol. The van der Waals surface area contributed by atoms with E-state index in [9.17, 15) is 13.2 Å². The molecule has 0 aliphatic carbocycles. The first-order valence-electron chi connectivity index (χ1n) is 5.04. The summed E-state index contributed by atoms with van der Waals surface area (Å²) in [4.78, 5) is 5.30. The van der Waals surface area contributed by atoms with Gasteiger partial charge in [-0.1, -0.05) is 6.07 Å². The SMILES string of the molecule is FC(F)(F)CONCc1cn[nH]c1-c1cccs1. The number of hydrogen-bond donors (Lipinski definition) is 2. The normalized spacial score (nSPS) is 11.9. The van der Waals surface area contributed by atoms with Crippen LogP contribution in [-0.2, 0) is 11.4 Å². The fourth-order valence-corrected chi connectivity index (χ4v) is 2.10. The third-order valence-corrected chi connectivity index (χ3v) is 2.97. The van der Waals surface area contributed by atoms with E-state index >= 15 is 0 Å². The minimum absolute atomic E-state index is 0.153. The Kier molecular flexibility index (Phi) is 4.00. The lowest BCUT2D eigenvalue weighted by atomic mass is 10.2. The molecule has 0 aliphatic heterocycles. The van der Waals surface area contributed by atoms with E-state index in [4.69, 9.17) is 0 Å². The molecule has 0 aliphatic rings. The topological polar surface area (TPSA) is 49.9 Å². The molecular formula is C10H10F3N3OS. The van der Waals surface area contributed by atoms with Gasteiger partial charge in [0, 0.05) is 12.1 Å². The minimum atomic E-state index is -4.33. The molecule has 0 atom stereocenters. The monoisotopic (exact) mass is 277 g/mol. The van der Waals surface area contributed by atoms with Gasteiger partial charge in [-0.25, -0.2) is 0 Å². The molecule has 0 bridgehead atoms. The molecule has 98 valence electrons. The maximum atomic E-state index is 11.8. The van der Waals surface area contributed by atoms with Crippen LogP contribution in [0.25, 0.3) is 10.6 Å². The Morgan fingerprint density at radius 1 is 1.44 bits per heavy atom. The van der Waals surface area contributed by atoms with E-state index < -0.39 is 12.8 Å². The second-order valence-corrected chi connectivity index (χ2v) is 4.42. The van der Waals surface area contributed by atoms with E-state index in [1.807, 2.05) is 17.5 Å². The highest BCUT2D eigenvalue weighted by molar-refractivity contribution is 7.13. The quantitative estimate of drug-likeness (QED) is 0.652. The van der Waals surface area contributed by atoms with Crippen LogP contribution in [-0.4, -0.2) is 23.0 Å². The fourth-order valence-electron chi connectivity index (χ4n) is 1.34. The zero-order chi connectivity index (χ0) is 13.0. The molecule has 0 saturated carbocycles. The molecule has 0 amide bonds. The fraction of sp³-hybridized carbons (Fsp3) is 0.300. The zero-order valence-electron chi connectivity index (χ0n) is 9.12. The van der Waals surface area contributed by atoms with Gasteiger partial charge in [0.1, 0.15) is 0 Å². The third kappa shape index (κ3) is 3.56. The molecule has 0 spiro atoms. The number of nitrogens with one attached hydrogen (secondary N) is 2. The summed E-state index contributed by atoms with van der Waals surface area (Å²) < 4.78 is 35.5. The van der Waals surface area contributed by atoms with Crippen molar-refractivity contribution in [1.29, 1.82) is 0 Å². The lowest BCUT2D eigenvalue weighted by Crippen LogP contribution is -2.24. The molecule has 2 aromatic rings. The highest BCUT2D eigenvalue weighted by atomic mass is 32.1. The number of aromatic amines is 1. The molecule has 0 fully saturated rings. The van der Waals surface area contributed by atoms with Gasteiger partial charge in [-0.2, -0.15) is 23.8 Å². The zero-order valence-corrected chi connectivity index (χ0v) is 9.94. The van der Waals surface area contributed by atoms with Crippen molar-refractivity contribution in [2.45, 2.75) is 12.7 Å². The van der Waals surface area contributed by atoms with Crippen LogP contribution in [0.1, 0.15) is 5.56 Å². The number of thiophene rings is 1. The molecule has 2 heterocycles. The molecule has 2 N–H and O–H groups in total. The van der Waals surface area contributed by atoms with Crippen LogP contribution >= 0.6 is 11.3 Å². The average Bonchev–Trinajstić information content (AvgIpc) is 2.93.